The molecular formula is C10H12ClN3O2. The fourth-order valence-corrected chi connectivity index (χ4v) is 2.07. The molecule has 1 aliphatic heterocycles. The Labute approximate surface area is 98.0 Å². The summed E-state index contributed by atoms with van der Waals surface area (Å²) in [5.74, 6) is -0.997. The molecule has 0 saturated carbocycles. The number of carboxylic acids is 1. The lowest BCUT2D eigenvalue weighted by atomic mass is 10.2. The molecule has 0 amide bonds. The van der Waals surface area contributed by atoms with Gasteiger partial charge in [-0.15, -0.1) is 0 Å². The van der Waals surface area contributed by atoms with E-state index in [0.717, 1.165) is 26.2 Å². The zero-order chi connectivity index (χ0) is 11.5. The number of aromatic nitrogens is 1. The number of hydrogen-bond donors (Lipinski definition) is 2. The van der Waals surface area contributed by atoms with Crippen LogP contribution >= 0.6 is 11.6 Å². The maximum atomic E-state index is 11.1. The molecule has 2 heterocycles. The molecule has 1 saturated heterocycles. The van der Waals surface area contributed by atoms with Crippen LogP contribution in [0.4, 0.5) is 5.69 Å². The van der Waals surface area contributed by atoms with Gasteiger partial charge in [-0.05, 0) is 0 Å². The summed E-state index contributed by atoms with van der Waals surface area (Å²) in [6.07, 6.45) is 2.82. The van der Waals surface area contributed by atoms with Crippen molar-refractivity contribution in [3.05, 3.63) is 23.0 Å². The predicted octanol–water partition coefficient (Wildman–Crippen LogP) is 0.843. The summed E-state index contributed by atoms with van der Waals surface area (Å²) in [6, 6.07) is 0. The first kappa shape index (κ1) is 11.2. The summed E-state index contributed by atoms with van der Waals surface area (Å²) in [5, 5.41) is 12.7. The number of anilines is 1. The van der Waals surface area contributed by atoms with E-state index >= 15 is 0 Å². The summed E-state index contributed by atoms with van der Waals surface area (Å²) in [7, 11) is 0. The van der Waals surface area contributed by atoms with Gasteiger partial charge in [-0.1, -0.05) is 11.6 Å². The highest BCUT2D eigenvalue weighted by Crippen LogP contribution is 2.29. The summed E-state index contributed by atoms with van der Waals surface area (Å²) in [4.78, 5) is 16.9. The Morgan fingerprint density at radius 1 is 1.44 bits per heavy atom. The number of pyridine rings is 1. The molecule has 2 N–H and O–H groups in total. The van der Waals surface area contributed by atoms with Gasteiger partial charge in [-0.25, -0.2) is 4.79 Å². The van der Waals surface area contributed by atoms with Crippen LogP contribution in [0, 0.1) is 0 Å². The highest BCUT2D eigenvalue weighted by Gasteiger charge is 2.21. The monoisotopic (exact) mass is 241 g/mol. The molecule has 1 aromatic rings. The van der Waals surface area contributed by atoms with Crippen LogP contribution in [0.25, 0.3) is 0 Å². The maximum absolute atomic E-state index is 11.1. The van der Waals surface area contributed by atoms with Crippen LogP contribution in [0.3, 0.4) is 0 Å². The first-order valence-corrected chi connectivity index (χ1v) is 5.40. The number of piperazine rings is 1. The Bertz CT molecular complexity index is 405. The molecule has 0 aliphatic carbocycles. The number of aromatic carboxylic acids is 1. The SMILES string of the molecule is O=C(O)c1cncc(Cl)c1N1CCNCC1. The minimum Gasteiger partial charge on any atom is -0.478 e. The van der Waals surface area contributed by atoms with Gasteiger partial charge in [0.1, 0.15) is 5.56 Å². The molecule has 0 aromatic carbocycles. The zero-order valence-corrected chi connectivity index (χ0v) is 9.37. The van der Waals surface area contributed by atoms with Gasteiger partial charge in [-0.3, -0.25) is 4.98 Å². The van der Waals surface area contributed by atoms with E-state index in [0.29, 0.717) is 10.7 Å². The molecular weight excluding hydrogens is 230 g/mol. The quantitative estimate of drug-likeness (QED) is 0.804. The lowest BCUT2D eigenvalue weighted by Crippen LogP contribution is -2.44. The molecule has 2 rings (SSSR count). The highest BCUT2D eigenvalue weighted by atomic mass is 35.5. The van der Waals surface area contributed by atoms with Crippen LogP contribution in [-0.2, 0) is 0 Å². The Kier molecular flexibility index (Phi) is 3.26. The molecule has 0 spiro atoms. The maximum Gasteiger partial charge on any atom is 0.339 e. The third kappa shape index (κ3) is 2.10. The molecule has 1 aromatic heterocycles. The lowest BCUT2D eigenvalue weighted by molar-refractivity contribution is 0.0697. The number of rotatable bonds is 2. The van der Waals surface area contributed by atoms with Crippen LogP contribution in [0.5, 0.6) is 0 Å². The molecule has 6 heteroatoms. The van der Waals surface area contributed by atoms with Crippen LogP contribution in [-0.4, -0.2) is 42.2 Å². The molecule has 0 unspecified atom stereocenters. The second kappa shape index (κ2) is 4.67. The summed E-state index contributed by atoms with van der Waals surface area (Å²) in [5.41, 5.74) is 0.736. The standard InChI is InChI=1S/C10H12ClN3O2/c11-8-6-13-5-7(10(15)16)9(8)14-3-1-12-2-4-14/h5-6,12H,1-4H2,(H,15,16). The van der Waals surface area contributed by atoms with Crippen LogP contribution in [0.15, 0.2) is 12.4 Å². The van der Waals surface area contributed by atoms with Crippen molar-refractivity contribution in [2.45, 2.75) is 0 Å². The van der Waals surface area contributed by atoms with Crippen LogP contribution in [0.2, 0.25) is 5.02 Å². The van der Waals surface area contributed by atoms with E-state index in [1.807, 2.05) is 4.90 Å². The van der Waals surface area contributed by atoms with Crippen LogP contribution in [0.1, 0.15) is 10.4 Å². The predicted molar refractivity (Wildman–Crippen MR) is 61.3 cm³/mol. The van der Waals surface area contributed by atoms with E-state index in [1.165, 1.54) is 12.4 Å². The molecule has 0 atom stereocenters. The Morgan fingerprint density at radius 3 is 2.75 bits per heavy atom. The Hall–Kier alpha value is -1.33. The van der Waals surface area contributed by atoms with E-state index in [4.69, 9.17) is 16.7 Å². The normalized spacial score (nSPS) is 16.2. The molecule has 1 aliphatic rings. The fourth-order valence-electron chi connectivity index (χ4n) is 1.79. The second-order valence-corrected chi connectivity index (χ2v) is 3.97. The lowest BCUT2D eigenvalue weighted by Gasteiger charge is -2.30. The van der Waals surface area contributed by atoms with Gasteiger partial charge in [-0.2, -0.15) is 0 Å². The van der Waals surface area contributed by atoms with Gasteiger partial charge in [0.25, 0.3) is 0 Å². The van der Waals surface area contributed by atoms with Crippen molar-refractivity contribution >= 4 is 23.3 Å². The highest BCUT2D eigenvalue weighted by molar-refractivity contribution is 6.33. The van der Waals surface area contributed by atoms with Gasteiger partial charge < -0.3 is 15.3 Å². The van der Waals surface area contributed by atoms with Gasteiger partial charge in [0, 0.05) is 38.6 Å². The van der Waals surface area contributed by atoms with Crippen molar-refractivity contribution in [3.63, 3.8) is 0 Å². The summed E-state index contributed by atoms with van der Waals surface area (Å²) >= 11 is 6.02. The number of nitrogens with one attached hydrogen (secondary N) is 1. The van der Waals surface area contributed by atoms with Crippen molar-refractivity contribution in [1.29, 1.82) is 0 Å². The topological polar surface area (TPSA) is 65.5 Å². The third-order valence-corrected chi connectivity index (χ3v) is 2.81. The van der Waals surface area contributed by atoms with E-state index in [-0.39, 0.29) is 5.56 Å². The number of carbonyl (C=O) groups is 1. The van der Waals surface area contributed by atoms with Gasteiger partial charge in [0.2, 0.25) is 0 Å². The minimum absolute atomic E-state index is 0.161. The van der Waals surface area contributed by atoms with E-state index in [1.54, 1.807) is 0 Å². The third-order valence-electron chi connectivity index (χ3n) is 2.54. The van der Waals surface area contributed by atoms with E-state index < -0.39 is 5.97 Å². The largest absolute Gasteiger partial charge is 0.478 e. The second-order valence-electron chi connectivity index (χ2n) is 3.56. The van der Waals surface area contributed by atoms with Crippen molar-refractivity contribution in [2.24, 2.45) is 0 Å². The first-order valence-electron chi connectivity index (χ1n) is 5.02. The number of nitrogens with zero attached hydrogens (tertiary/aromatic N) is 2. The van der Waals surface area contributed by atoms with Gasteiger partial charge in [0.05, 0.1) is 10.7 Å². The minimum atomic E-state index is -0.997. The Balaban J connectivity index is 2.40. The molecule has 0 bridgehead atoms. The van der Waals surface area contributed by atoms with Crippen molar-refractivity contribution in [1.82, 2.24) is 10.3 Å². The van der Waals surface area contributed by atoms with Crippen molar-refractivity contribution in [3.8, 4) is 0 Å². The first-order chi connectivity index (χ1) is 7.70. The molecule has 16 heavy (non-hydrogen) atoms. The molecule has 0 radical (unpaired) electrons. The Morgan fingerprint density at radius 2 is 2.12 bits per heavy atom. The van der Waals surface area contributed by atoms with Crippen molar-refractivity contribution < 1.29 is 9.90 Å². The molecule has 1 fully saturated rings. The van der Waals surface area contributed by atoms with E-state index in [9.17, 15) is 4.79 Å². The van der Waals surface area contributed by atoms with E-state index in [2.05, 4.69) is 10.3 Å². The summed E-state index contributed by atoms with van der Waals surface area (Å²) in [6.45, 7) is 3.17. The number of halogens is 1. The average Bonchev–Trinajstić information content (AvgIpc) is 2.29. The van der Waals surface area contributed by atoms with Gasteiger partial charge in [0.15, 0.2) is 0 Å². The van der Waals surface area contributed by atoms with Crippen molar-refractivity contribution in [2.75, 3.05) is 31.1 Å². The molecule has 86 valence electrons. The average molecular weight is 242 g/mol. The molecule has 5 nitrogen and oxygen atoms in total. The zero-order valence-electron chi connectivity index (χ0n) is 8.61. The smallest absolute Gasteiger partial charge is 0.339 e. The fraction of sp³-hybridized carbons (Fsp3) is 0.400. The van der Waals surface area contributed by atoms with Crippen LogP contribution < -0.4 is 10.2 Å². The number of hydrogen-bond acceptors (Lipinski definition) is 4. The van der Waals surface area contributed by atoms with Gasteiger partial charge >= 0.3 is 5.97 Å². The number of carboxylic acid groups (broad SMARTS) is 1. The summed E-state index contributed by atoms with van der Waals surface area (Å²) < 4.78 is 0.